The van der Waals surface area contributed by atoms with Gasteiger partial charge in [-0.2, -0.15) is 0 Å². The Bertz CT molecular complexity index is 2640. The molecule has 1 fully saturated rings. The average Bonchev–Trinajstić information content (AvgIpc) is 3.93. The van der Waals surface area contributed by atoms with Crippen LogP contribution in [0.1, 0.15) is 39.6 Å². The number of anilines is 1. The Labute approximate surface area is 367 Å². The van der Waals surface area contributed by atoms with Crippen molar-refractivity contribution in [2.24, 2.45) is 0 Å². The molecule has 0 radical (unpaired) electrons. The fourth-order valence-electron chi connectivity index (χ4n) is 9.03. The summed E-state index contributed by atoms with van der Waals surface area (Å²) in [6, 6.07) is 56.4. The number of aromatic nitrogens is 4. The lowest BCUT2D eigenvalue weighted by Gasteiger charge is -2.37. The van der Waals surface area contributed by atoms with Gasteiger partial charge >= 0.3 is 0 Å². The van der Waals surface area contributed by atoms with E-state index in [1.165, 1.54) is 6.33 Å². The fourth-order valence-corrected chi connectivity index (χ4v) is 9.03. The van der Waals surface area contributed by atoms with Crippen molar-refractivity contribution in [2.45, 2.75) is 35.6 Å². The maximum Gasteiger partial charge on any atom is 0.167 e. The maximum atomic E-state index is 12.2. The Balaban J connectivity index is 1.10. The second kappa shape index (κ2) is 17.8. The monoisotopic (exact) mass is 838 g/mol. The zero-order valence-electron chi connectivity index (χ0n) is 35.7. The summed E-state index contributed by atoms with van der Waals surface area (Å²) in [6.45, 7) is 0.0603. The summed E-state index contributed by atoms with van der Waals surface area (Å²) in [5.41, 5.74) is 4.89. The van der Waals surface area contributed by atoms with Crippen molar-refractivity contribution in [1.82, 2.24) is 24.4 Å². The number of imidazole rings is 1. The van der Waals surface area contributed by atoms with Gasteiger partial charge in [-0.1, -0.05) is 146 Å². The topological polar surface area (TPSA) is 116 Å². The van der Waals surface area contributed by atoms with E-state index in [2.05, 4.69) is 66.0 Å². The van der Waals surface area contributed by atoms with Crippen LogP contribution < -0.4 is 14.8 Å². The van der Waals surface area contributed by atoms with E-state index in [9.17, 15) is 5.11 Å². The molecular formula is C52H50N6O5. The predicted octanol–water partition coefficient (Wildman–Crippen LogP) is 8.44. The molecule has 1 aliphatic heterocycles. The number of aliphatic hydroxyl groups is 1. The standard InChI is InChI=1S/C52H50N6O5/c1-57(2)46-47(59)44(33-62-52(39-21-13-7-14-22-39,40-23-15-8-16-24-40)41-27-31-43(61-4)32-28-41)63-50(46)58-35-55-45-48(53-34-54-49(45)58)56-51(36-17-9-5-10-18-36,37-19-11-6-12-20-37)38-25-29-42(60-3)30-26-38/h5-32,34-35,44,46-47,50,59H,33H2,1-4H3,(H,53,54,56)/t44-,46-,47+,50-/m1/s1. The predicted molar refractivity (Wildman–Crippen MR) is 244 cm³/mol. The van der Waals surface area contributed by atoms with E-state index < -0.39 is 35.6 Å². The fraction of sp³-hybridized carbons (Fsp3) is 0.212. The van der Waals surface area contributed by atoms with Gasteiger partial charge in [-0.15, -0.1) is 0 Å². The van der Waals surface area contributed by atoms with E-state index in [-0.39, 0.29) is 6.61 Å². The lowest BCUT2D eigenvalue weighted by atomic mass is 9.77. The molecular weight excluding hydrogens is 789 g/mol. The van der Waals surface area contributed by atoms with Gasteiger partial charge in [-0.25, -0.2) is 15.0 Å². The van der Waals surface area contributed by atoms with Gasteiger partial charge in [0.05, 0.1) is 33.2 Å². The molecule has 4 atom stereocenters. The number of hydrogen-bond acceptors (Lipinski definition) is 10. The summed E-state index contributed by atoms with van der Waals surface area (Å²) >= 11 is 0. The van der Waals surface area contributed by atoms with Crippen molar-refractivity contribution < 1.29 is 24.1 Å². The highest BCUT2D eigenvalue weighted by molar-refractivity contribution is 5.84. The van der Waals surface area contributed by atoms with Gasteiger partial charge in [-0.3, -0.25) is 9.47 Å². The zero-order valence-corrected chi connectivity index (χ0v) is 35.7. The van der Waals surface area contributed by atoms with Crippen LogP contribution in [-0.2, 0) is 20.6 Å². The third kappa shape index (κ3) is 7.59. The van der Waals surface area contributed by atoms with Gasteiger partial charge in [0.15, 0.2) is 23.2 Å². The molecule has 1 aliphatic rings. The molecule has 0 amide bonds. The molecule has 11 heteroatoms. The molecule has 2 N–H and O–H groups in total. The molecule has 0 unspecified atom stereocenters. The minimum absolute atomic E-state index is 0.0603. The SMILES string of the molecule is COc1ccc(C(Nc2ncnc3c2ncn3[C@@H]2O[C@H](COC(c3ccccc3)(c3ccccc3)c3ccc(OC)cc3)[C@H](O)[C@H]2N(C)C)(c2ccccc2)c2ccccc2)cc1. The first kappa shape index (κ1) is 41.5. The van der Waals surface area contributed by atoms with E-state index in [1.807, 2.05) is 133 Å². The number of hydrogen-bond donors (Lipinski definition) is 2. The van der Waals surface area contributed by atoms with Gasteiger partial charge in [0, 0.05) is 0 Å². The minimum atomic E-state index is -1.05. The highest BCUT2D eigenvalue weighted by atomic mass is 16.6. The number of aliphatic hydroxyl groups excluding tert-OH is 1. The average molecular weight is 839 g/mol. The second-order valence-electron chi connectivity index (χ2n) is 15.8. The van der Waals surface area contributed by atoms with Gasteiger partial charge < -0.3 is 29.4 Å². The number of nitrogens with one attached hydrogen (secondary N) is 1. The Morgan fingerprint density at radius 2 is 1.08 bits per heavy atom. The summed E-state index contributed by atoms with van der Waals surface area (Å²) in [5.74, 6) is 2.01. The molecule has 9 rings (SSSR count). The van der Waals surface area contributed by atoms with Crippen molar-refractivity contribution in [1.29, 1.82) is 0 Å². The zero-order chi connectivity index (χ0) is 43.4. The molecule has 2 aromatic heterocycles. The summed E-state index contributed by atoms with van der Waals surface area (Å²) < 4.78 is 27.1. The van der Waals surface area contributed by atoms with Crippen LogP contribution in [0.4, 0.5) is 5.82 Å². The van der Waals surface area contributed by atoms with Crippen LogP contribution in [0, 0.1) is 0 Å². The molecule has 318 valence electrons. The van der Waals surface area contributed by atoms with Gasteiger partial charge in [0.2, 0.25) is 0 Å². The van der Waals surface area contributed by atoms with Crippen LogP contribution in [0.25, 0.3) is 11.2 Å². The number of benzene rings is 6. The Hall–Kier alpha value is -6.89. The molecule has 3 heterocycles. The third-order valence-corrected chi connectivity index (χ3v) is 12.1. The number of ether oxygens (including phenoxy) is 4. The Morgan fingerprint density at radius 1 is 0.619 bits per heavy atom. The Morgan fingerprint density at radius 3 is 1.57 bits per heavy atom. The summed E-state index contributed by atoms with van der Waals surface area (Å²) in [4.78, 5) is 16.5. The van der Waals surface area contributed by atoms with Crippen molar-refractivity contribution in [3.05, 3.63) is 216 Å². The van der Waals surface area contributed by atoms with Crippen molar-refractivity contribution in [3.63, 3.8) is 0 Å². The minimum Gasteiger partial charge on any atom is -0.497 e. The number of rotatable bonds is 15. The van der Waals surface area contributed by atoms with E-state index >= 15 is 0 Å². The first-order valence-corrected chi connectivity index (χ1v) is 21.0. The number of likely N-dealkylation sites (N-methyl/N-ethyl adjacent to an activating group) is 1. The first-order chi connectivity index (χ1) is 30.9. The van der Waals surface area contributed by atoms with Crippen LogP contribution in [0.5, 0.6) is 11.5 Å². The lowest BCUT2D eigenvalue weighted by Crippen LogP contribution is -2.44. The third-order valence-electron chi connectivity index (χ3n) is 12.1. The summed E-state index contributed by atoms with van der Waals surface area (Å²) in [6.07, 6.45) is 0.896. The Kier molecular flexibility index (Phi) is 11.7. The number of nitrogens with zero attached hydrogens (tertiary/aromatic N) is 5. The number of fused-ring (bicyclic) bond motifs is 1. The molecule has 8 aromatic rings. The van der Waals surface area contributed by atoms with Crippen LogP contribution in [0.15, 0.2) is 183 Å². The first-order valence-electron chi connectivity index (χ1n) is 21.0. The normalized spacial score (nSPS) is 17.8. The molecule has 6 aromatic carbocycles. The van der Waals surface area contributed by atoms with Crippen molar-refractivity contribution in [3.8, 4) is 11.5 Å². The van der Waals surface area contributed by atoms with Crippen LogP contribution >= 0.6 is 0 Å². The summed E-state index contributed by atoms with van der Waals surface area (Å²) in [5, 5.41) is 16.1. The van der Waals surface area contributed by atoms with Gasteiger partial charge in [0.25, 0.3) is 0 Å². The molecule has 0 spiro atoms. The highest BCUT2D eigenvalue weighted by Gasteiger charge is 2.49. The molecule has 11 nitrogen and oxygen atoms in total. The van der Waals surface area contributed by atoms with E-state index in [0.29, 0.717) is 17.0 Å². The van der Waals surface area contributed by atoms with Crippen molar-refractivity contribution >= 4 is 17.0 Å². The molecule has 0 saturated carbocycles. The maximum absolute atomic E-state index is 12.2. The molecule has 1 saturated heterocycles. The largest absolute Gasteiger partial charge is 0.497 e. The second-order valence-corrected chi connectivity index (χ2v) is 15.8. The molecule has 63 heavy (non-hydrogen) atoms. The molecule has 0 bridgehead atoms. The molecule has 0 aliphatic carbocycles. The van der Waals surface area contributed by atoms with Crippen LogP contribution in [0.2, 0.25) is 0 Å². The van der Waals surface area contributed by atoms with E-state index in [4.69, 9.17) is 33.9 Å². The van der Waals surface area contributed by atoms with E-state index in [0.717, 1.165) is 44.9 Å². The summed E-state index contributed by atoms with van der Waals surface area (Å²) in [7, 11) is 7.19. The lowest BCUT2D eigenvalue weighted by molar-refractivity contribution is -0.0935. The number of methoxy groups -OCH3 is 2. The van der Waals surface area contributed by atoms with Crippen LogP contribution in [-0.4, -0.2) is 82.7 Å². The smallest absolute Gasteiger partial charge is 0.167 e. The van der Waals surface area contributed by atoms with Crippen LogP contribution in [0.3, 0.4) is 0 Å². The van der Waals surface area contributed by atoms with Gasteiger partial charge in [0.1, 0.15) is 41.2 Å². The van der Waals surface area contributed by atoms with E-state index in [1.54, 1.807) is 20.5 Å². The quantitative estimate of drug-likeness (QED) is 0.0976. The highest BCUT2D eigenvalue weighted by Crippen LogP contribution is 2.44. The van der Waals surface area contributed by atoms with Crippen molar-refractivity contribution in [2.75, 3.05) is 40.2 Å². The van der Waals surface area contributed by atoms with Gasteiger partial charge in [-0.05, 0) is 71.7 Å².